The summed E-state index contributed by atoms with van der Waals surface area (Å²) in [4.78, 5) is 2.32. The van der Waals surface area contributed by atoms with Crippen LogP contribution in [0.15, 0.2) is 23.1 Å². The molecule has 124 valence electrons. The van der Waals surface area contributed by atoms with E-state index in [-0.39, 0.29) is 11.0 Å². The predicted molar refractivity (Wildman–Crippen MR) is 82.6 cm³/mol. The molecule has 1 aromatic rings. The van der Waals surface area contributed by atoms with Gasteiger partial charge in [0.2, 0.25) is 10.0 Å². The lowest BCUT2D eigenvalue weighted by Crippen LogP contribution is -2.37. The molecule has 0 amide bonds. The summed E-state index contributed by atoms with van der Waals surface area (Å²) in [6.07, 6.45) is 2.06. The first-order valence-corrected chi connectivity index (χ1v) is 9.03. The Bertz CT molecular complexity index is 599. The van der Waals surface area contributed by atoms with Crippen molar-refractivity contribution in [2.75, 3.05) is 26.2 Å². The molecule has 0 bridgehead atoms. The largest absolute Gasteiger partial charge is 0.393 e. The number of sulfonamides is 1. The average molecular weight is 330 g/mol. The van der Waals surface area contributed by atoms with E-state index in [0.29, 0.717) is 18.5 Å². The Labute approximate surface area is 131 Å². The van der Waals surface area contributed by atoms with Crippen LogP contribution in [0.3, 0.4) is 0 Å². The number of nitrogens with one attached hydrogen (secondary N) is 1. The van der Waals surface area contributed by atoms with Crippen LogP contribution in [0, 0.1) is 12.7 Å². The summed E-state index contributed by atoms with van der Waals surface area (Å²) in [6.45, 7) is 4.39. The molecule has 1 aliphatic heterocycles. The maximum absolute atomic E-state index is 13.2. The van der Waals surface area contributed by atoms with Gasteiger partial charge in [-0.15, -0.1) is 0 Å². The van der Waals surface area contributed by atoms with Gasteiger partial charge in [0, 0.05) is 19.6 Å². The monoisotopic (exact) mass is 330 g/mol. The highest BCUT2D eigenvalue weighted by molar-refractivity contribution is 7.89. The minimum Gasteiger partial charge on any atom is -0.393 e. The van der Waals surface area contributed by atoms with Crippen LogP contribution in [0.5, 0.6) is 0 Å². The van der Waals surface area contributed by atoms with Crippen molar-refractivity contribution in [3.8, 4) is 0 Å². The Balaban J connectivity index is 1.79. The molecular weight excluding hydrogens is 307 g/mol. The van der Waals surface area contributed by atoms with Crippen molar-refractivity contribution in [3.63, 3.8) is 0 Å². The number of aryl methyl sites for hydroxylation is 1. The molecule has 1 fully saturated rings. The SMILES string of the molecule is Cc1cc(S(=O)(=O)NCCCN2CCC(O)CC2)ccc1F. The van der Waals surface area contributed by atoms with Crippen LogP contribution >= 0.6 is 0 Å². The summed E-state index contributed by atoms with van der Waals surface area (Å²) in [5.41, 5.74) is 0.315. The van der Waals surface area contributed by atoms with Crippen molar-refractivity contribution < 1.29 is 17.9 Å². The molecule has 1 saturated heterocycles. The first-order valence-electron chi connectivity index (χ1n) is 7.55. The minimum absolute atomic E-state index is 0.0903. The molecular formula is C15H23FN2O3S. The Hall–Kier alpha value is -1.02. The molecule has 2 rings (SSSR count). The van der Waals surface area contributed by atoms with E-state index in [2.05, 4.69) is 9.62 Å². The van der Waals surface area contributed by atoms with E-state index in [9.17, 15) is 17.9 Å². The average Bonchev–Trinajstić information content (AvgIpc) is 2.48. The van der Waals surface area contributed by atoms with Gasteiger partial charge in [-0.05, 0) is 56.5 Å². The zero-order chi connectivity index (χ0) is 16.2. The number of halogens is 1. The molecule has 0 spiro atoms. The molecule has 0 unspecified atom stereocenters. The number of aliphatic hydroxyl groups excluding tert-OH is 1. The first-order chi connectivity index (χ1) is 10.4. The number of rotatable bonds is 6. The van der Waals surface area contributed by atoms with Gasteiger partial charge in [-0.3, -0.25) is 0 Å². The quantitative estimate of drug-likeness (QED) is 0.771. The van der Waals surface area contributed by atoms with Gasteiger partial charge in [0.05, 0.1) is 11.0 Å². The normalized spacial score (nSPS) is 17.8. The van der Waals surface area contributed by atoms with E-state index in [4.69, 9.17) is 0 Å². The van der Waals surface area contributed by atoms with Crippen molar-refractivity contribution in [1.82, 2.24) is 9.62 Å². The summed E-state index contributed by atoms with van der Waals surface area (Å²) in [7, 11) is -3.59. The summed E-state index contributed by atoms with van der Waals surface area (Å²) in [5, 5.41) is 9.43. The molecule has 1 aliphatic rings. The highest BCUT2D eigenvalue weighted by Crippen LogP contribution is 2.14. The third kappa shape index (κ3) is 4.74. The summed E-state index contributed by atoms with van der Waals surface area (Å²) in [6, 6.07) is 3.78. The second-order valence-electron chi connectivity index (χ2n) is 5.74. The lowest BCUT2D eigenvalue weighted by molar-refractivity contribution is 0.0823. The van der Waals surface area contributed by atoms with Crippen LogP contribution in [0.1, 0.15) is 24.8 Å². The Kier molecular flexibility index (Phi) is 5.91. The van der Waals surface area contributed by atoms with Crippen LogP contribution < -0.4 is 4.72 Å². The maximum atomic E-state index is 13.2. The van der Waals surface area contributed by atoms with E-state index in [1.165, 1.54) is 18.2 Å². The van der Waals surface area contributed by atoms with E-state index in [1.54, 1.807) is 6.92 Å². The van der Waals surface area contributed by atoms with Crippen LogP contribution in [-0.2, 0) is 10.0 Å². The van der Waals surface area contributed by atoms with Crippen molar-refractivity contribution in [3.05, 3.63) is 29.6 Å². The number of nitrogens with zero attached hydrogens (tertiary/aromatic N) is 1. The Morgan fingerprint density at radius 3 is 2.68 bits per heavy atom. The fourth-order valence-electron chi connectivity index (χ4n) is 2.52. The zero-order valence-corrected chi connectivity index (χ0v) is 13.6. The predicted octanol–water partition coefficient (Wildman–Crippen LogP) is 1.26. The van der Waals surface area contributed by atoms with Gasteiger partial charge in [0.25, 0.3) is 0 Å². The van der Waals surface area contributed by atoms with Crippen molar-refractivity contribution in [2.45, 2.75) is 37.2 Å². The lowest BCUT2D eigenvalue weighted by Gasteiger charge is -2.29. The molecule has 1 heterocycles. The highest BCUT2D eigenvalue weighted by atomic mass is 32.2. The van der Waals surface area contributed by atoms with Gasteiger partial charge in [-0.25, -0.2) is 17.5 Å². The lowest BCUT2D eigenvalue weighted by atomic mass is 10.1. The smallest absolute Gasteiger partial charge is 0.240 e. The van der Waals surface area contributed by atoms with Crippen molar-refractivity contribution in [2.24, 2.45) is 0 Å². The standard InChI is InChI=1S/C15H23FN2O3S/c1-12-11-14(3-4-15(12)16)22(20,21)17-7-2-8-18-9-5-13(19)6-10-18/h3-4,11,13,17,19H,2,5-10H2,1H3. The van der Waals surface area contributed by atoms with E-state index < -0.39 is 15.8 Å². The summed E-state index contributed by atoms with van der Waals surface area (Å²) >= 11 is 0. The second-order valence-corrected chi connectivity index (χ2v) is 7.50. The van der Waals surface area contributed by atoms with Gasteiger partial charge in [-0.2, -0.15) is 0 Å². The Morgan fingerprint density at radius 1 is 1.36 bits per heavy atom. The summed E-state index contributed by atoms with van der Waals surface area (Å²) < 4.78 is 40.0. The second kappa shape index (κ2) is 7.50. The fraction of sp³-hybridized carbons (Fsp3) is 0.600. The third-order valence-electron chi connectivity index (χ3n) is 3.94. The topological polar surface area (TPSA) is 69.6 Å². The van der Waals surface area contributed by atoms with E-state index in [0.717, 1.165) is 32.5 Å². The maximum Gasteiger partial charge on any atom is 0.240 e. The Morgan fingerprint density at radius 2 is 2.05 bits per heavy atom. The van der Waals surface area contributed by atoms with E-state index >= 15 is 0 Å². The van der Waals surface area contributed by atoms with Crippen LogP contribution in [0.4, 0.5) is 4.39 Å². The molecule has 5 nitrogen and oxygen atoms in total. The molecule has 0 saturated carbocycles. The van der Waals surface area contributed by atoms with E-state index in [1.807, 2.05) is 0 Å². The third-order valence-corrected chi connectivity index (χ3v) is 5.40. The molecule has 0 radical (unpaired) electrons. The molecule has 1 aromatic carbocycles. The van der Waals surface area contributed by atoms with Crippen LogP contribution in [0.2, 0.25) is 0 Å². The molecule has 22 heavy (non-hydrogen) atoms. The molecule has 0 aromatic heterocycles. The van der Waals surface area contributed by atoms with Crippen LogP contribution in [-0.4, -0.2) is 50.7 Å². The number of hydrogen-bond donors (Lipinski definition) is 2. The first kappa shape index (κ1) is 17.3. The number of likely N-dealkylation sites (tertiary alicyclic amines) is 1. The number of hydrogen-bond acceptors (Lipinski definition) is 4. The number of benzene rings is 1. The van der Waals surface area contributed by atoms with Crippen molar-refractivity contribution in [1.29, 1.82) is 0 Å². The van der Waals surface area contributed by atoms with Crippen molar-refractivity contribution >= 4 is 10.0 Å². The zero-order valence-electron chi connectivity index (χ0n) is 12.8. The van der Waals surface area contributed by atoms with Gasteiger partial charge in [0.1, 0.15) is 5.82 Å². The molecule has 0 aliphatic carbocycles. The van der Waals surface area contributed by atoms with Crippen LogP contribution in [0.25, 0.3) is 0 Å². The van der Waals surface area contributed by atoms with Gasteiger partial charge in [-0.1, -0.05) is 0 Å². The molecule has 2 N–H and O–H groups in total. The number of piperidine rings is 1. The highest BCUT2D eigenvalue weighted by Gasteiger charge is 2.17. The van der Waals surface area contributed by atoms with Gasteiger partial charge < -0.3 is 10.0 Å². The molecule has 7 heteroatoms. The number of aliphatic hydroxyl groups is 1. The summed E-state index contributed by atoms with van der Waals surface area (Å²) in [5.74, 6) is -0.411. The minimum atomic E-state index is -3.59. The van der Waals surface area contributed by atoms with Gasteiger partial charge >= 0.3 is 0 Å². The molecule has 0 atom stereocenters. The van der Waals surface area contributed by atoms with Gasteiger partial charge in [0.15, 0.2) is 0 Å². The fourth-order valence-corrected chi connectivity index (χ4v) is 3.68.